The lowest BCUT2D eigenvalue weighted by molar-refractivity contribution is -0.385. The molecule has 0 heterocycles. The number of halogens is 1. The molecule has 0 aromatic heterocycles. The molecule has 0 atom stereocenters. The van der Waals surface area contributed by atoms with Gasteiger partial charge in [-0.1, -0.05) is 0 Å². The van der Waals surface area contributed by atoms with Gasteiger partial charge in [0.15, 0.2) is 0 Å². The molecule has 70 valence electrons. The summed E-state index contributed by atoms with van der Waals surface area (Å²) in [6, 6.07) is 3.71. The van der Waals surface area contributed by atoms with E-state index in [-0.39, 0.29) is 5.69 Å². The van der Waals surface area contributed by atoms with Crippen molar-refractivity contribution in [2.45, 2.75) is 5.75 Å². The molecule has 13 heavy (non-hydrogen) atoms. The predicted molar refractivity (Wildman–Crippen MR) is 50.3 cm³/mol. The summed E-state index contributed by atoms with van der Waals surface area (Å²) in [6.45, 7) is 0. The maximum absolute atomic E-state index is 13.1. The summed E-state index contributed by atoms with van der Waals surface area (Å²) in [5.74, 6) is 0.0210. The smallest absolute Gasteiger partial charge is 0.258 e. The van der Waals surface area contributed by atoms with Crippen LogP contribution in [0, 0.1) is 15.9 Å². The fourth-order valence-corrected chi connectivity index (χ4v) is 1.47. The molecule has 0 radical (unpaired) electrons. The second-order valence-corrected chi connectivity index (χ2v) is 3.33. The molecule has 0 spiro atoms. The van der Waals surface area contributed by atoms with Gasteiger partial charge in [0.1, 0.15) is 5.82 Å². The molecule has 0 N–H and O–H groups in total. The molecule has 0 amide bonds. The molecule has 0 saturated heterocycles. The van der Waals surface area contributed by atoms with Gasteiger partial charge < -0.3 is 0 Å². The molecular weight excluding hydrogens is 193 g/mol. The standard InChI is InChI=1S/C8H8FNO2S/c1-13-5-6-2-3-7(10(11)12)4-8(6)9/h2-4H,5H2,1H3. The van der Waals surface area contributed by atoms with Crippen LogP contribution in [0.5, 0.6) is 0 Å². The van der Waals surface area contributed by atoms with Crippen LogP contribution in [0.1, 0.15) is 5.56 Å². The van der Waals surface area contributed by atoms with E-state index in [0.717, 1.165) is 6.07 Å². The van der Waals surface area contributed by atoms with Crippen LogP contribution in [0.3, 0.4) is 0 Å². The fraction of sp³-hybridized carbons (Fsp3) is 0.250. The molecule has 0 saturated carbocycles. The lowest BCUT2D eigenvalue weighted by atomic mass is 10.2. The Kier molecular flexibility index (Phi) is 3.25. The van der Waals surface area contributed by atoms with Crippen LogP contribution in [0.4, 0.5) is 10.1 Å². The summed E-state index contributed by atoms with van der Waals surface area (Å²) < 4.78 is 13.1. The Morgan fingerprint density at radius 2 is 2.31 bits per heavy atom. The van der Waals surface area contributed by atoms with Gasteiger partial charge in [0.25, 0.3) is 5.69 Å². The Balaban J connectivity index is 2.98. The van der Waals surface area contributed by atoms with Gasteiger partial charge >= 0.3 is 0 Å². The van der Waals surface area contributed by atoms with E-state index in [2.05, 4.69) is 0 Å². The number of nitrogens with zero attached hydrogens (tertiary/aromatic N) is 1. The lowest BCUT2D eigenvalue weighted by Gasteiger charge is -1.99. The molecular formula is C8H8FNO2S. The molecule has 0 aliphatic rings. The first kappa shape index (κ1) is 9.98. The number of benzene rings is 1. The maximum atomic E-state index is 13.1. The van der Waals surface area contributed by atoms with Crippen LogP contribution in [-0.4, -0.2) is 11.2 Å². The first-order valence-electron chi connectivity index (χ1n) is 3.57. The first-order valence-corrected chi connectivity index (χ1v) is 4.96. The molecule has 5 heteroatoms. The van der Waals surface area contributed by atoms with Crippen LogP contribution >= 0.6 is 11.8 Å². The topological polar surface area (TPSA) is 43.1 Å². The van der Waals surface area contributed by atoms with Gasteiger partial charge in [-0.25, -0.2) is 4.39 Å². The Morgan fingerprint density at radius 3 is 2.77 bits per heavy atom. The van der Waals surface area contributed by atoms with Gasteiger partial charge in [-0.3, -0.25) is 10.1 Å². The SMILES string of the molecule is CSCc1ccc([N+](=O)[O-])cc1F. The van der Waals surface area contributed by atoms with E-state index in [4.69, 9.17) is 0 Å². The number of rotatable bonds is 3. The van der Waals surface area contributed by atoms with Crippen molar-refractivity contribution in [3.05, 3.63) is 39.7 Å². The van der Waals surface area contributed by atoms with Crippen molar-refractivity contribution in [2.75, 3.05) is 6.26 Å². The zero-order chi connectivity index (χ0) is 9.84. The zero-order valence-corrected chi connectivity index (χ0v) is 7.81. The average molecular weight is 201 g/mol. The number of hydrogen-bond acceptors (Lipinski definition) is 3. The van der Waals surface area contributed by atoms with Crippen molar-refractivity contribution in [3.63, 3.8) is 0 Å². The summed E-state index contributed by atoms with van der Waals surface area (Å²) in [6.07, 6.45) is 1.85. The highest BCUT2D eigenvalue weighted by atomic mass is 32.2. The number of nitro groups is 1. The van der Waals surface area contributed by atoms with Crippen molar-refractivity contribution in [3.8, 4) is 0 Å². The summed E-state index contributed by atoms with van der Waals surface area (Å²) in [4.78, 5) is 9.65. The first-order chi connectivity index (χ1) is 6.15. The van der Waals surface area contributed by atoms with E-state index in [0.29, 0.717) is 11.3 Å². The summed E-state index contributed by atoms with van der Waals surface area (Å²) >= 11 is 1.47. The van der Waals surface area contributed by atoms with Crippen LogP contribution < -0.4 is 0 Å². The number of nitro benzene ring substituents is 1. The molecule has 0 bridgehead atoms. The molecule has 1 rings (SSSR count). The number of thioether (sulfide) groups is 1. The van der Waals surface area contributed by atoms with Gasteiger partial charge in [0.05, 0.1) is 11.0 Å². The highest BCUT2D eigenvalue weighted by Crippen LogP contribution is 2.19. The average Bonchev–Trinajstić information content (AvgIpc) is 2.08. The van der Waals surface area contributed by atoms with E-state index in [9.17, 15) is 14.5 Å². The van der Waals surface area contributed by atoms with Gasteiger partial charge in [0.2, 0.25) is 0 Å². The molecule has 0 unspecified atom stereocenters. The van der Waals surface area contributed by atoms with E-state index >= 15 is 0 Å². The third-order valence-corrected chi connectivity index (χ3v) is 2.15. The van der Waals surface area contributed by atoms with Crippen molar-refractivity contribution in [2.24, 2.45) is 0 Å². The van der Waals surface area contributed by atoms with Crippen LogP contribution in [0.15, 0.2) is 18.2 Å². The number of hydrogen-bond donors (Lipinski definition) is 0. The minimum atomic E-state index is -0.605. The lowest BCUT2D eigenvalue weighted by Crippen LogP contribution is -1.92. The second kappa shape index (κ2) is 4.23. The molecule has 0 fully saturated rings. The molecule has 1 aromatic carbocycles. The summed E-state index contributed by atoms with van der Waals surface area (Å²) in [5, 5.41) is 10.3. The molecule has 0 aliphatic heterocycles. The van der Waals surface area contributed by atoms with Crippen molar-refractivity contribution < 1.29 is 9.31 Å². The second-order valence-electron chi connectivity index (χ2n) is 2.47. The van der Waals surface area contributed by atoms with Crippen LogP contribution in [-0.2, 0) is 5.75 Å². The van der Waals surface area contributed by atoms with E-state index in [1.165, 1.54) is 23.9 Å². The number of non-ortho nitro benzene ring substituents is 1. The highest BCUT2D eigenvalue weighted by Gasteiger charge is 2.09. The van der Waals surface area contributed by atoms with Crippen molar-refractivity contribution >= 4 is 17.4 Å². The summed E-state index contributed by atoms with van der Waals surface area (Å²) in [7, 11) is 0. The Bertz CT molecular complexity index is 330. The third kappa shape index (κ3) is 2.42. The Hall–Kier alpha value is -1.10. The molecule has 1 aromatic rings. The third-order valence-electron chi connectivity index (χ3n) is 1.55. The van der Waals surface area contributed by atoms with E-state index in [1.54, 1.807) is 0 Å². The zero-order valence-electron chi connectivity index (χ0n) is 6.99. The minimum Gasteiger partial charge on any atom is -0.258 e. The fourth-order valence-electron chi connectivity index (χ4n) is 0.922. The van der Waals surface area contributed by atoms with E-state index < -0.39 is 10.7 Å². The predicted octanol–water partition coefficient (Wildman–Crippen LogP) is 2.60. The Morgan fingerprint density at radius 1 is 1.62 bits per heavy atom. The van der Waals surface area contributed by atoms with Gasteiger partial charge in [-0.05, 0) is 17.9 Å². The minimum absolute atomic E-state index is 0.206. The molecule has 0 aliphatic carbocycles. The van der Waals surface area contributed by atoms with Crippen molar-refractivity contribution in [1.29, 1.82) is 0 Å². The largest absolute Gasteiger partial charge is 0.272 e. The Labute approximate surface area is 79.1 Å². The summed E-state index contributed by atoms with van der Waals surface area (Å²) in [5.41, 5.74) is 0.292. The van der Waals surface area contributed by atoms with Gasteiger partial charge in [0, 0.05) is 11.8 Å². The van der Waals surface area contributed by atoms with E-state index in [1.807, 2.05) is 6.26 Å². The van der Waals surface area contributed by atoms with Crippen LogP contribution in [0.2, 0.25) is 0 Å². The maximum Gasteiger partial charge on any atom is 0.272 e. The monoisotopic (exact) mass is 201 g/mol. The van der Waals surface area contributed by atoms with Gasteiger partial charge in [-0.15, -0.1) is 0 Å². The highest BCUT2D eigenvalue weighted by molar-refractivity contribution is 7.97. The van der Waals surface area contributed by atoms with Crippen LogP contribution in [0.25, 0.3) is 0 Å². The van der Waals surface area contributed by atoms with Gasteiger partial charge in [-0.2, -0.15) is 11.8 Å². The quantitative estimate of drug-likeness (QED) is 0.557. The van der Waals surface area contributed by atoms with Crippen molar-refractivity contribution in [1.82, 2.24) is 0 Å². The normalized spacial score (nSPS) is 10.0. The molecule has 3 nitrogen and oxygen atoms in total.